The number of unbranched alkanes of at least 4 members (excludes halogenated alkanes) is 3. The Morgan fingerprint density at radius 2 is 0.848 bits per heavy atom. The first-order chi connectivity index (χ1) is 16.3. The zero-order chi connectivity index (χ0) is 24.1. The number of hydrogen-bond acceptors (Lipinski definition) is 9. The van der Waals surface area contributed by atoms with Crippen LogP contribution in [0.3, 0.4) is 0 Å². The molecule has 0 aliphatic rings. The molecule has 10 heteroatoms. The number of rotatable bonds is 28. The van der Waals surface area contributed by atoms with E-state index < -0.39 is 5.97 Å². The van der Waals surface area contributed by atoms with Crippen molar-refractivity contribution in [1.29, 1.82) is 0 Å². The summed E-state index contributed by atoms with van der Waals surface area (Å²) < 4.78 is 42.6. The summed E-state index contributed by atoms with van der Waals surface area (Å²) in [5.74, 6) is 0.290. The third kappa shape index (κ3) is 29.2. The molecule has 9 nitrogen and oxygen atoms in total. The smallest absolute Gasteiger partial charge is 0.330 e. The van der Waals surface area contributed by atoms with Gasteiger partial charge in [-0.05, 0) is 12.8 Å². The van der Waals surface area contributed by atoms with Crippen LogP contribution in [0.4, 0.5) is 0 Å². The molecule has 0 aromatic carbocycles. The molecule has 0 saturated carbocycles. The zero-order valence-electron chi connectivity index (χ0n) is 20.0. The molecule has 0 aliphatic heterocycles. The summed E-state index contributed by atoms with van der Waals surface area (Å²) in [5, 5.41) is 0. The summed E-state index contributed by atoms with van der Waals surface area (Å²) in [6.07, 6.45) is 5.61. The van der Waals surface area contributed by atoms with E-state index >= 15 is 0 Å². The van der Waals surface area contributed by atoms with Gasteiger partial charge in [-0.2, -0.15) is 0 Å². The van der Waals surface area contributed by atoms with E-state index in [1.807, 2.05) is 0 Å². The molecule has 0 bridgehead atoms. The average Bonchev–Trinajstić information content (AvgIpc) is 2.83. The topological polar surface area (TPSA) is 90.9 Å². The maximum Gasteiger partial charge on any atom is 0.330 e. The fourth-order valence-electron chi connectivity index (χ4n) is 2.33. The lowest BCUT2D eigenvalue weighted by atomic mass is 10.2. The molecule has 0 N–H and O–H groups in total. The highest BCUT2D eigenvalue weighted by molar-refractivity contribution is 6.17. The van der Waals surface area contributed by atoms with E-state index in [1.165, 1.54) is 12.8 Å². The summed E-state index contributed by atoms with van der Waals surface area (Å²) in [4.78, 5) is 10.8. The largest absolute Gasteiger partial charge is 0.460 e. The van der Waals surface area contributed by atoms with Gasteiger partial charge in [-0.3, -0.25) is 0 Å². The van der Waals surface area contributed by atoms with Crippen molar-refractivity contribution in [2.24, 2.45) is 0 Å². The summed E-state index contributed by atoms with van der Waals surface area (Å²) in [6.45, 7) is 10.8. The van der Waals surface area contributed by atoms with Gasteiger partial charge in [0, 0.05) is 18.6 Å². The van der Waals surface area contributed by atoms with Crippen LogP contribution in [0.1, 0.15) is 25.7 Å². The number of alkyl halides is 1. The molecule has 0 aromatic rings. The van der Waals surface area contributed by atoms with E-state index in [0.29, 0.717) is 85.9 Å². The van der Waals surface area contributed by atoms with Gasteiger partial charge in [-0.25, -0.2) is 4.79 Å². The van der Waals surface area contributed by atoms with Crippen LogP contribution < -0.4 is 0 Å². The second-order valence-corrected chi connectivity index (χ2v) is 7.14. The molecular formula is C23H43ClO9. The van der Waals surface area contributed by atoms with Crippen molar-refractivity contribution < 1.29 is 42.7 Å². The average molecular weight is 499 g/mol. The Bertz CT molecular complexity index is 413. The number of carbonyl (C=O) groups excluding carboxylic acids is 1. The second kappa shape index (κ2) is 29.3. The van der Waals surface area contributed by atoms with Gasteiger partial charge in [0.2, 0.25) is 0 Å². The molecule has 33 heavy (non-hydrogen) atoms. The summed E-state index contributed by atoms with van der Waals surface area (Å²) in [6, 6.07) is 0. The fourth-order valence-corrected chi connectivity index (χ4v) is 2.52. The van der Waals surface area contributed by atoms with Gasteiger partial charge in [0.1, 0.15) is 6.61 Å². The number of carbonyl (C=O) groups is 1. The standard InChI is InChI=1S/C23H43ClO9/c1-2-23(25)33-22-21-32-20-19-31-18-17-30-16-15-29-14-13-28-12-11-27-10-9-26-8-6-4-3-5-7-24/h2H,1,3-22H2. The highest BCUT2D eigenvalue weighted by Gasteiger charge is 1.96. The summed E-state index contributed by atoms with van der Waals surface area (Å²) >= 11 is 5.63. The van der Waals surface area contributed by atoms with Gasteiger partial charge in [0.05, 0.1) is 85.9 Å². The molecular weight excluding hydrogens is 456 g/mol. The molecule has 0 atom stereocenters. The lowest BCUT2D eigenvalue weighted by Crippen LogP contribution is -2.15. The lowest BCUT2D eigenvalue weighted by Gasteiger charge is -2.08. The molecule has 0 saturated heterocycles. The van der Waals surface area contributed by atoms with Gasteiger partial charge < -0.3 is 37.9 Å². The van der Waals surface area contributed by atoms with E-state index in [0.717, 1.165) is 31.4 Å². The van der Waals surface area contributed by atoms with Crippen LogP contribution >= 0.6 is 11.6 Å². The SMILES string of the molecule is C=CC(=O)OCCOCCOCCOCCOCCOCCOCCOCCCCCCCl. The van der Waals surface area contributed by atoms with Crippen LogP contribution in [-0.2, 0) is 42.7 Å². The first kappa shape index (κ1) is 32.2. The predicted molar refractivity (Wildman–Crippen MR) is 126 cm³/mol. The van der Waals surface area contributed by atoms with Crippen molar-refractivity contribution in [1.82, 2.24) is 0 Å². The van der Waals surface area contributed by atoms with Gasteiger partial charge in [0.25, 0.3) is 0 Å². The molecule has 0 fully saturated rings. The van der Waals surface area contributed by atoms with Crippen molar-refractivity contribution in [3.8, 4) is 0 Å². The van der Waals surface area contributed by atoms with Crippen LogP contribution in [0, 0.1) is 0 Å². The number of halogens is 1. The van der Waals surface area contributed by atoms with Crippen molar-refractivity contribution in [2.75, 3.05) is 105 Å². The van der Waals surface area contributed by atoms with Crippen LogP contribution in [0.2, 0.25) is 0 Å². The third-order valence-electron chi connectivity index (χ3n) is 4.04. The van der Waals surface area contributed by atoms with Crippen molar-refractivity contribution in [3.63, 3.8) is 0 Å². The molecule has 0 spiro atoms. The first-order valence-electron chi connectivity index (χ1n) is 11.7. The van der Waals surface area contributed by atoms with Crippen LogP contribution in [-0.4, -0.2) is 111 Å². The monoisotopic (exact) mass is 498 g/mol. The minimum Gasteiger partial charge on any atom is -0.460 e. The highest BCUT2D eigenvalue weighted by Crippen LogP contribution is 2.01. The van der Waals surface area contributed by atoms with Gasteiger partial charge in [-0.15, -0.1) is 11.6 Å². The normalized spacial score (nSPS) is 11.1. The van der Waals surface area contributed by atoms with E-state index in [2.05, 4.69) is 6.58 Å². The number of ether oxygens (including phenoxy) is 8. The van der Waals surface area contributed by atoms with E-state index in [1.54, 1.807) is 0 Å². The van der Waals surface area contributed by atoms with E-state index in [9.17, 15) is 4.79 Å². The van der Waals surface area contributed by atoms with E-state index in [-0.39, 0.29) is 6.61 Å². The number of esters is 1. The molecule has 0 rings (SSSR count). The zero-order valence-corrected chi connectivity index (χ0v) is 20.7. The van der Waals surface area contributed by atoms with E-state index in [4.69, 9.17) is 49.5 Å². The minimum absolute atomic E-state index is 0.207. The minimum atomic E-state index is -0.453. The van der Waals surface area contributed by atoms with Crippen LogP contribution in [0.15, 0.2) is 12.7 Å². The van der Waals surface area contributed by atoms with Crippen LogP contribution in [0.5, 0.6) is 0 Å². The number of hydrogen-bond donors (Lipinski definition) is 0. The maximum atomic E-state index is 10.8. The van der Waals surface area contributed by atoms with Gasteiger partial charge in [-0.1, -0.05) is 19.4 Å². The quantitative estimate of drug-likeness (QED) is 0.0698. The van der Waals surface area contributed by atoms with Crippen molar-refractivity contribution >= 4 is 17.6 Å². The van der Waals surface area contributed by atoms with Crippen molar-refractivity contribution in [3.05, 3.63) is 12.7 Å². The van der Waals surface area contributed by atoms with Gasteiger partial charge >= 0.3 is 5.97 Å². The molecule has 196 valence electrons. The third-order valence-corrected chi connectivity index (χ3v) is 4.31. The Kier molecular flexibility index (Phi) is 28.6. The Balaban J connectivity index is 3.02. The summed E-state index contributed by atoms with van der Waals surface area (Å²) in [5.41, 5.74) is 0. The molecule has 0 aromatic heterocycles. The first-order valence-corrected chi connectivity index (χ1v) is 12.2. The molecule has 0 amide bonds. The predicted octanol–water partition coefficient (Wildman–Crippen LogP) is 2.63. The second-order valence-electron chi connectivity index (χ2n) is 6.76. The fraction of sp³-hybridized carbons (Fsp3) is 0.870. The Morgan fingerprint density at radius 3 is 1.21 bits per heavy atom. The Hall–Kier alpha value is -0.780. The van der Waals surface area contributed by atoms with Crippen LogP contribution in [0.25, 0.3) is 0 Å². The molecule has 0 unspecified atom stereocenters. The summed E-state index contributed by atoms with van der Waals surface area (Å²) in [7, 11) is 0. The molecule has 0 heterocycles. The van der Waals surface area contributed by atoms with Crippen molar-refractivity contribution in [2.45, 2.75) is 25.7 Å². The molecule has 0 radical (unpaired) electrons. The van der Waals surface area contributed by atoms with Gasteiger partial charge in [0.15, 0.2) is 0 Å². The molecule has 0 aliphatic carbocycles. The Morgan fingerprint density at radius 1 is 0.515 bits per heavy atom. The lowest BCUT2D eigenvalue weighted by molar-refractivity contribution is -0.139. The highest BCUT2D eigenvalue weighted by atomic mass is 35.5. The Labute approximate surface area is 203 Å². The maximum absolute atomic E-state index is 10.8.